The molecule has 3 rings (SSSR count). The molecule has 1 aromatic carbocycles. The Kier molecular flexibility index (Phi) is 4.77. The first-order chi connectivity index (χ1) is 12.6. The van der Waals surface area contributed by atoms with Crippen LogP contribution in [0.4, 0.5) is 18.0 Å². The largest absolute Gasteiger partial charge is 0.437 e. The van der Waals surface area contributed by atoms with Crippen LogP contribution in [0.5, 0.6) is 0 Å². The van der Waals surface area contributed by atoms with Crippen LogP contribution < -0.4 is 0 Å². The Morgan fingerprint density at radius 1 is 1.15 bits per heavy atom. The molecule has 0 aliphatic carbocycles. The number of alkyl halides is 3. The van der Waals surface area contributed by atoms with E-state index in [0.29, 0.717) is 5.56 Å². The van der Waals surface area contributed by atoms with Gasteiger partial charge in [-0.1, -0.05) is 36.4 Å². The van der Waals surface area contributed by atoms with Crippen LogP contribution in [-0.2, 0) is 0 Å². The van der Waals surface area contributed by atoms with E-state index in [-0.39, 0.29) is 9.78 Å². The van der Waals surface area contributed by atoms with Gasteiger partial charge >= 0.3 is 12.2 Å². The number of urea groups is 1. The number of hydrogen-bond donors (Lipinski definition) is 1. The molecule has 27 heavy (non-hydrogen) atoms. The SMILES string of the molecule is CN1C(=O)N(C)[C@](O)(C(F)(F)F)[C@H](C(=O)c2cccs2)[C@@H]1c1ccccc1. The fourth-order valence-corrected chi connectivity index (χ4v) is 4.19. The third kappa shape index (κ3) is 2.90. The summed E-state index contributed by atoms with van der Waals surface area (Å²) in [5, 5.41) is 12.3. The van der Waals surface area contributed by atoms with Crippen molar-refractivity contribution in [2.75, 3.05) is 14.1 Å². The second-order valence-corrected chi connectivity index (χ2v) is 7.30. The predicted molar refractivity (Wildman–Crippen MR) is 93.2 cm³/mol. The van der Waals surface area contributed by atoms with E-state index < -0.39 is 35.7 Å². The quantitative estimate of drug-likeness (QED) is 0.805. The number of carbonyl (C=O) groups is 2. The van der Waals surface area contributed by atoms with Gasteiger partial charge in [-0.05, 0) is 17.0 Å². The number of amides is 2. The third-order valence-electron chi connectivity index (χ3n) is 4.87. The molecule has 0 spiro atoms. The molecule has 0 radical (unpaired) electrons. The van der Waals surface area contributed by atoms with E-state index in [9.17, 15) is 27.9 Å². The van der Waals surface area contributed by atoms with Crippen LogP contribution in [0, 0.1) is 5.92 Å². The van der Waals surface area contributed by atoms with E-state index in [4.69, 9.17) is 0 Å². The highest BCUT2D eigenvalue weighted by Gasteiger charge is 2.70. The Bertz CT molecular complexity index is 841. The first-order valence-electron chi connectivity index (χ1n) is 8.03. The lowest BCUT2D eigenvalue weighted by Crippen LogP contribution is -2.72. The van der Waals surface area contributed by atoms with Gasteiger partial charge in [0.15, 0.2) is 5.78 Å². The monoisotopic (exact) mass is 398 g/mol. The molecular formula is C18H17F3N2O3S. The highest BCUT2D eigenvalue weighted by atomic mass is 32.1. The van der Waals surface area contributed by atoms with Gasteiger partial charge in [0.05, 0.1) is 10.9 Å². The molecule has 1 fully saturated rings. The molecule has 3 atom stereocenters. The molecule has 5 nitrogen and oxygen atoms in total. The van der Waals surface area contributed by atoms with Crippen molar-refractivity contribution in [1.82, 2.24) is 9.80 Å². The van der Waals surface area contributed by atoms with Gasteiger partial charge < -0.3 is 10.0 Å². The second-order valence-electron chi connectivity index (χ2n) is 6.35. The summed E-state index contributed by atoms with van der Waals surface area (Å²) in [4.78, 5) is 26.9. The molecule has 1 aliphatic heterocycles. The van der Waals surface area contributed by atoms with Crippen LogP contribution in [0.3, 0.4) is 0 Å². The van der Waals surface area contributed by atoms with E-state index in [1.165, 1.54) is 25.2 Å². The first kappa shape index (κ1) is 19.4. The third-order valence-corrected chi connectivity index (χ3v) is 5.76. The van der Waals surface area contributed by atoms with Gasteiger partial charge in [0.2, 0.25) is 0 Å². The summed E-state index contributed by atoms with van der Waals surface area (Å²) in [7, 11) is 2.17. The number of ketones is 1. The summed E-state index contributed by atoms with van der Waals surface area (Å²) < 4.78 is 42.0. The van der Waals surface area contributed by atoms with Crippen molar-refractivity contribution in [1.29, 1.82) is 0 Å². The number of Topliss-reactive ketones (excluding diaryl/α,β-unsaturated/α-hetero) is 1. The molecule has 1 aliphatic rings. The lowest BCUT2D eigenvalue weighted by atomic mass is 9.77. The summed E-state index contributed by atoms with van der Waals surface area (Å²) in [6.07, 6.45) is -5.23. The highest BCUT2D eigenvalue weighted by molar-refractivity contribution is 7.12. The predicted octanol–water partition coefficient (Wildman–Crippen LogP) is 3.54. The number of carbonyl (C=O) groups excluding carboxylic acids is 2. The topological polar surface area (TPSA) is 60.9 Å². The molecule has 2 heterocycles. The van der Waals surface area contributed by atoms with Crippen LogP contribution in [0.15, 0.2) is 47.8 Å². The van der Waals surface area contributed by atoms with Crippen molar-refractivity contribution in [3.05, 3.63) is 58.3 Å². The van der Waals surface area contributed by atoms with Crippen molar-refractivity contribution in [2.24, 2.45) is 5.92 Å². The van der Waals surface area contributed by atoms with Crippen LogP contribution >= 0.6 is 11.3 Å². The summed E-state index contributed by atoms with van der Waals surface area (Å²) in [5.74, 6) is -2.82. The maximum atomic E-state index is 14.0. The van der Waals surface area contributed by atoms with Crippen LogP contribution in [-0.4, -0.2) is 52.7 Å². The van der Waals surface area contributed by atoms with Crippen molar-refractivity contribution in [3.8, 4) is 0 Å². The number of hydrogen-bond acceptors (Lipinski definition) is 4. The maximum Gasteiger partial charge on any atom is 0.437 e. The maximum absolute atomic E-state index is 14.0. The van der Waals surface area contributed by atoms with Gasteiger partial charge in [0, 0.05) is 14.1 Å². The van der Waals surface area contributed by atoms with Crippen LogP contribution in [0.1, 0.15) is 21.3 Å². The van der Waals surface area contributed by atoms with Crippen molar-refractivity contribution in [3.63, 3.8) is 0 Å². The summed E-state index contributed by atoms with van der Waals surface area (Å²) in [6, 6.07) is 8.58. The van der Waals surface area contributed by atoms with Crippen molar-refractivity contribution in [2.45, 2.75) is 17.9 Å². The van der Waals surface area contributed by atoms with Crippen molar-refractivity contribution < 1.29 is 27.9 Å². The number of nitrogens with zero attached hydrogens (tertiary/aromatic N) is 2. The zero-order valence-electron chi connectivity index (χ0n) is 14.5. The Hall–Kier alpha value is -2.39. The molecule has 0 unspecified atom stereocenters. The van der Waals surface area contributed by atoms with E-state index in [1.54, 1.807) is 29.6 Å². The summed E-state index contributed by atoms with van der Waals surface area (Å²) in [6.45, 7) is 0. The number of halogens is 3. The Morgan fingerprint density at radius 3 is 2.30 bits per heavy atom. The smallest absolute Gasteiger partial charge is 0.363 e. The molecule has 9 heteroatoms. The van der Waals surface area contributed by atoms with Crippen molar-refractivity contribution >= 4 is 23.2 Å². The fraction of sp³-hybridized carbons (Fsp3) is 0.333. The molecule has 1 aromatic heterocycles. The minimum atomic E-state index is -5.23. The normalized spacial score (nSPS) is 26.4. The number of thiophene rings is 1. The standard InChI is InChI=1S/C18H17F3N2O3S/c1-22-14(11-7-4-3-5-8-11)13(15(24)12-9-6-10-27-12)17(26,18(19,20)21)23(2)16(22)25/h3-10,13-14,26H,1-2H3/t13-,14-,17+/m0/s1. The molecular weight excluding hydrogens is 381 g/mol. The van der Waals surface area contributed by atoms with Gasteiger partial charge in [0.1, 0.15) is 5.92 Å². The summed E-state index contributed by atoms with van der Waals surface area (Å²) in [5.41, 5.74) is -3.31. The van der Waals surface area contributed by atoms with Crippen LogP contribution in [0.2, 0.25) is 0 Å². The number of aliphatic hydroxyl groups is 1. The highest BCUT2D eigenvalue weighted by Crippen LogP contribution is 2.50. The Balaban J connectivity index is 2.25. The first-order valence-corrected chi connectivity index (χ1v) is 8.91. The Labute approximate surface area is 157 Å². The summed E-state index contributed by atoms with van der Waals surface area (Å²) >= 11 is 0.987. The molecule has 2 amide bonds. The minimum Gasteiger partial charge on any atom is -0.363 e. The number of rotatable bonds is 3. The van der Waals surface area contributed by atoms with E-state index in [2.05, 4.69) is 0 Å². The lowest BCUT2D eigenvalue weighted by Gasteiger charge is -2.53. The van der Waals surface area contributed by atoms with E-state index >= 15 is 0 Å². The average molecular weight is 398 g/mol. The molecule has 0 saturated carbocycles. The van der Waals surface area contributed by atoms with E-state index in [1.807, 2.05) is 0 Å². The van der Waals surface area contributed by atoms with Gasteiger partial charge in [-0.15, -0.1) is 11.3 Å². The molecule has 2 aromatic rings. The minimum absolute atomic E-state index is 0.0831. The molecule has 1 N–H and O–H groups in total. The Morgan fingerprint density at radius 2 is 1.78 bits per heavy atom. The van der Waals surface area contributed by atoms with E-state index in [0.717, 1.165) is 23.3 Å². The van der Waals surface area contributed by atoms with Crippen LogP contribution in [0.25, 0.3) is 0 Å². The van der Waals surface area contributed by atoms with Gasteiger partial charge in [-0.3, -0.25) is 9.69 Å². The molecule has 144 valence electrons. The van der Waals surface area contributed by atoms with Gasteiger partial charge in [-0.25, -0.2) is 4.79 Å². The number of benzene rings is 1. The molecule has 0 bridgehead atoms. The van der Waals surface area contributed by atoms with Gasteiger partial charge in [0.25, 0.3) is 5.72 Å². The average Bonchev–Trinajstić information content (AvgIpc) is 3.16. The lowest BCUT2D eigenvalue weighted by molar-refractivity contribution is -0.328. The molecule has 1 saturated heterocycles. The van der Waals surface area contributed by atoms with Gasteiger partial charge in [-0.2, -0.15) is 13.2 Å². The zero-order chi connectivity index (χ0) is 20.0. The second kappa shape index (κ2) is 6.65. The fourth-order valence-electron chi connectivity index (χ4n) is 3.48. The zero-order valence-corrected chi connectivity index (χ0v) is 15.3.